The largest absolute Gasteiger partial charge is 0.351 e. The summed E-state index contributed by atoms with van der Waals surface area (Å²) in [7, 11) is 0. The van der Waals surface area contributed by atoms with Gasteiger partial charge in [0.25, 0.3) is 5.91 Å². The summed E-state index contributed by atoms with van der Waals surface area (Å²) in [5, 5.41) is 3.14. The van der Waals surface area contributed by atoms with Gasteiger partial charge in [-0.1, -0.05) is 35.7 Å². The molecule has 1 saturated carbocycles. The fourth-order valence-corrected chi connectivity index (χ4v) is 3.76. The van der Waals surface area contributed by atoms with Gasteiger partial charge in [0.1, 0.15) is 0 Å². The zero-order chi connectivity index (χ0) is 13.9. The standard InChI is InChI=1S/C15H19BrINO/c1-2-15(7-3-4-8-15)10-18-14(19)12-9-11(16)5-6-13(12)17/h5-6,9H,2-4,7-8,10H2,1H3,(H,18,19). The first-order valence-electron chi connectivity index (χ1n) is 6.79. The van der Waals surface area contributed by atoms with Gasteiger partial charge in [-0.3, -0.25) is 4.79 Å². The average molecular weight is 436 g/mol. The Balaban J connectivity index is 2.03. The highest BCUT2D eigenvalue weighted by Crippen LogP contribution is 2.40. The van der Waals surface area contributed by atoms with Gasteiger partial charge in [-0.25, -0.2) is 0 Å². The summed E-state index contributed by atoms with van der Waals surface area (Å²) in [6.07, 6.45) is 6.26. The van der Waals surface area contributed by atoms with E-state index in [1.807, 2.05) is 18.2 Å². The zero-order valence-corrected chi connectivity index (χ0v) is 14.9. The summed E-state index contributed by atoms with van der Waals surface area (Å²) >= 11 is 5.63. The Morgan fingerprint density at radius 3 is 2.74 bits per heavy atom. The lowest BCUT2D eigenvalue weighted by atomic mass is 9.83. The highest BCUT2D eigenvalue weighted by atomic mass is 127. The lowest BCUT2D eigenvalue weighted by Gasteiger charge is -2.27. The molecule has 1 aliphatic rings. The molecular formula is C15H19BrINO. The fraction of sp³-hybridized carbons (Fsp3) is 0.533. The van der Waals surface area contributed by atoms with Crippen molar-refractivity contribution in [2.75, 3.05) is 6.54 Å². The topological polar surface area (TPSA) is 29.1 Å². The van der Waals surface area contributed by atoms with E-state index in [4.69, 9.17) is 0 Å². The monoisotopic (exact) mass is 435 g/mol. The number of amides is 1. The number of carbonyl (C=O) groups is 1. The normalized spacial score (nSPS) is 17.4. The van der Waals surface area contributed by atoms with E-state index < -0.39 is 0 Å². The molecule has 0 aliphatic heterocycles. The van der Waals surface area contributed by atoms with E-state index in [1.165, 1.54) is 25.7 Å². The van der Waals surface area contributed by atoms with Gasteiger partial charge in [0, 0.05) is 14.6 Å². The van der Waals surface area contributed by atoms with Crippen molar-refractivity contribution in [1.82, 2.24) is 5.32 Å². The number of halogens is 2. The maximum absolute atomic E-state index is 12.3. The molecule has 19 heavy (non-hydrogen) atoms. The predicted octanol–water partition coefficient (Wildman–Crippen LogP) is 4.75. The van der Waals surface area contributed by atoms with Crippen molar-refractivity contribution >= 4 is 44.4 Å². The minimum atomic E-state index is 0.0467. The van der Waals surface area contributed by atoms with E-state index in [9.17, 15) is 4.79 Å². The summed E-state index contributed by atoms with van der Waals surface area (Å²) in [6, 6.07) is 5.82. The van der Waals surface area contributed by atoms with Crippen LogP contribution in [-0.4, -0.2) is 12.5 Å². The lowest BCUT2D eigenvalue weighted by molar-refractivity contribution is 0.0928. The molecule has 1 aliphatic carbocycles. The van der Waals surface area contributed by atoms with E-state index in [1.54, 1.807) is 0 Å². The van der Waals surface area contributed by atoms with Crippen LogP contribution in [0.5, 0.6) is 0 Å². The van der Waals surface area contributed by atoms with Crippen LogP contribution in [0.3, 0.4) is 0 Å². The highest BCUT2D eigenvalue weighted by Gasteiger charge is 2.32. The molecule has 1 amide bonds. The first kappa shape index (κ1) is 15.3. The quantitative estimate of drug-likeness (QED) is 0.679. The van der Waals surface area contributed by atoms with E-state index in [0.717, 1.165) is 26.6 Å². The van der Waals surface area contributed by atoms with Gasteiger partial charge in [-0.05, 0) is 65.5 Å². The number of hydrogen-bond donors (Lipinski definition) is 1. The molecule has 0 atom stereocenters. The average Bonchev–Trinajstić information content (AvgIpc) is 2.88. The smallest absolute Gasteiger partial charge is 0.252 e. The third-order valence-corrected chi connectivity index (χ3v) is 5.65. The van der Waals surface area contributed by atoms with Crippen molar-refractivity contribution < 1.29 is 4.79 Å². The lowest BCUT2D eigenvalue weighted by Crippen LogP contribution is -2.35. The third kappa shape index (κ3) is 3.72. The van der Waals surface area contributed by atoms with Crippen LogP contribution in [0.2, 0.25) is 0 Å². The molecule has 0 heterocycles. The molecule has 1 aromatic rings. The van der Waals surface area contributed by atoms with Gasteiger partial charge in [-0.2, -0.15) is 0 Å². The minimum Gasteiger partial charge on any atom is -0.351 e. The number of rotatable bonds is 4. The highest BCUT2D eigenvalue weighted by molar-refractivity contribution is 14.1. The molecule has 0 aromatic heterocycles. The molecular weight excluding hydrogens is 417 g/mol. The Morgan fingerprint density at radius 2 is 2.11 bits per heavy atom. The second-order valence-corrected chi connectivity index (χ2v) is 7.45. The number of hydrogen-bond acceptors (Lipinski definition) is 1. The summed E-state index contributed by atoms with van der Waals surface area (Å²) in [5.41, 5.74) is 1.10. The van der Waals surface area contributed by atoms with Crippen LogP contribution in [0, 0.1) is 8.99 Å². The number of carbonyl (C=O) groups excluding carboxylic acids is 1. The minimum absolute atomic E-state index is 0.0467. The SMILES string of the molecule is CCC1(CNC(=O)c2cc(Br)ccc2I)CCCC1. The van der Waals surface area contributed by atoms with Crippen LogP contribution in [0.1, 0.15) is 49.4 Å². The first-order valence-corrected chi connectivity index (χ1v) is 8.67. The molecule has 1 N–H and O–H groups in total. The molecule has 0 spiro atoms. The van der Waals surface area contributed by atoms with Crippen LogP contribution >= 0.6 is 38.5 Å². The molecule has 104 valence electrons. The Labute approximate surface area is 137 Å². The van der Waals surface area contributed by atoms with Crippen molar-refractivity contribution in [3.05, 3.63) is 31.8 Å². The van der Waals surface area contributed by atoms with E-state index >= 15 is 0 Å². The van der Waals surface area contributed by atoms with Gasteiger partial charge < -0.3 is 5.32 Å². The van der Waals surface area contributed by atoms with Crippen molar-refractivity contribution in [2.24, 2.45) is 5.41 Å². The third-order valence-electron chi connectivity index (χ3n) is 4.21. The molecule has 0 saturated heterocycles. The maximum atomic E-state index is 12.3. The summed E-state index contributed by atoms with van der Waals surface area (Å²) in [6.45, 7) is 3.05. The molecule has 0 bridgehead atoms. The molecule has 4 heteroatoms. The van der Waals surface area contributed by atoms with Gasteiger partial charge >= 0.3 is 0 Å². The summed E-state index contributed by atoms with van der Waals surface area (Å²) in [4.78, 5) is 12.3. The number of benzene rings is 1. The molecule has 1 fully saturated rings. The molecule has 2 rings (SSSR count). The van der Waals surface area contributed by atoms with Crippen molar-refractivity contribution in [3.8, 4) is 0 Å². The summed E-state index contributed by atoms with van der Waals surface area (Å²) < 4.78 is 1.94. The van der Waals surface area contributed by atoms with Crippen LogP contribution in [0.4, 0.5) is 0 Å². The van der Waals surface area contributed by atoms with Gasteiger partial charge in [-0.15, -0.1) is 0 Å². The second kappa shape index (κ2) is 6.57. The Bertz CT molecular complexity index is 469. The van der Waals surface area contributed by atoms with Crippen LogP contribution < -0.4 is 5.32 Å². The van der Waals surface area contributed by atoms with Gasteiger partial charge in [0.15, 0.2) is 0 Å². The molecule has 1 aromatic carbocycles. The Hall–Kier alpha value is -0.100. The van der Waals surface area contributed by atoms with Crippen LogP contribution in [0.25, 0.3) is 0 Å². The Morgan fingerprint density at radius 1 is 1.42 bits per heavy atom. The number of nitrogens with one attached hydrogen (secondary N) is 1. The van der Waals surface area contributed by atoms with Crippen molar-refractivity contribution in [1.29, 1.82) is 0 Å². The maximum Gasteiger partial charge on any atom is 0.252 e. The van der Waals surface area contributed by atoms with E-state index in [-0.39, 0.29) is 5.91 Å². The molecule has 0 unspecified atom stereocenters. The van der Waals surface area contributed by atoms with E-state index in [2.05, 4.69) is 50.8 Å². The second-order valence-electron chi connectivity index (χ2n) is 5.37. The van der Waals surface area contributed by atoms with Gasteiger partial charge in [0.05, 0.1) is 5.56 Å². The first-order chi connectivity index (χ1) is 9.06. The Kier molecular flexibility index (Phi) is 5.29. The fourth-order valence-electron chi connectivity index (χ4n) is 2.81. The van der Waals surface area contributed by atoms with Gasteiger partial charge in [0.2, 0.25) is 0 Å². The predicted molar refractivity (Wildman–Crippen MR) is 90.4 cm³/mol. The summed E-state index contributed by atoms with van der Waals surface area (Å²) in [5.74, 6) is 0.0467. The van der Waals surface area contributed by atoms with Crippen LogP contribution in [0.15, 0.2) is 22.7 Å². The van der Waals surface area contributed by atoms with E-state index in [0.29, 0.717) is 5.41 Å². The zero-order valence-electron chi connectivity index (χ0n) is 11.1. The molecule has 0 radical (unpaired) electrons. The van der Waals surface area contributed by atoms with Crippen LogP contribution in [-0.2, 0) is 0 Å². The van der Waals surface area contributed by atoms with Crippen molar-refractivity contribution in [3.63, 3.8) is 0 Å². The molecule has 2 nitrogen and oxygen atoms in total. The van der Waals surface area contributed by atoms with Crippen molar-refractivity contribution in [2.45, 2.75) is 39.0 Å².